The van der Waals surface area contributed by atoms with Crippen molar-refractivity contribution < 1.29 is 9.53 Å². The van der Waals surface area contributed by atoms with Gasteiger partial charge in [-0.1, -0.05) is 35.9 Å². The van der Waals surface area contributed by atoms with E-state index in [0.717, 1.165) is 44.6 Å². The number of halogens is 1. The summed E-state index contributed by atoms with van der Waals surface area (Å²) < 4.78 is 5.18. The second-order valence-electron chi connectivity index (χ2n) is 9.15. The Morgan fingerprint density at radius 2 is 1.94 bits per heavy atom. The summed E-state index contributed by atoms with van der Waals surface area (Å²) in [6.45, 7) is 3.04. The molecule has 170 valence electrons. The normalized spacial score (nSPS) is 19.8. The highest BCUT2D eigenvalue weighted by Crippen LogP contribution is 2.59. The number of hydrogen-bond acceptors (Lipinski definition) is 4. The Bertz CT molecular complexity index is 979. The van der Waals surface area contributed by atoms with Crippen LogP contribution in [0.5, 0.6) is 5.75 Å². The van der Waals surface area contributed by atoms with Gasteiger partial charge in [0.1, 0.15) is 5.75 Å². The van der Waals surface area contributed by atoms with Crippen LogP contribution in [0.4, 0.5) is 11.4 Å². The van der Waals surface area contributed by atoms with E-state index in [0.29, 0.717) is 10.8 Å². The van der Waals surface area contributed by atoms with Gasteiger partial charge in [0.2, 0.25) is 5.91 Å². The molecule has 1 amide bonds. The SMILES string of the molecule is COc1ccc(NC(=O)C2CC23CCN(C/C=C/c2ccc(N(C)C)cc2)CC3)cc1Cl. The minimum atomic E-state index is 0.108. The van der Waals surface area contributed by atoms with Gasteiger partial charge in [-0.05, 0) is 73.7 Å². The number of ether oxygens (including phenoxy) is 1. The predicted molar refractivity (Wildman–Crippen MR) is 133 cm³/mol. The fourth-order valence-electron chi connectivity index (χ4n) is 4.65. The van der Waals surface area contributed by atoms with Gasteiger partial charge in [0.15, 0.2) is 0 Å². The van der Waals surface area contributed by atoms with E-state index in [4.69, 9.17) is 16.3 Å². The summed E-state index contributed by atoms with van der Waals surface area (Å²) >= 11 is 6.18. The van der Waals surface area contributed by atoms with Gasteiger partial charge >= 0.3 is 0 Å². The summed E-state index contributed by atoms with van der Waals surface area (Å²) in [6, 6.07) is 14.0. The average molecular weight is 454 g/mol. The van der Waals surface area contributed by atoms with Gasteiger partial charge in [0, 0.05) is 37.9 Å². The zero-order valence-electron chi connectivity index (χ0n) is 19.1. The number of benzene rings is 2. The lowest BCUT2D eigenvalue weighted by Crippen LogP contribution is -2.36. The van der Waals surface area contributed by atoms with Crippen LogP contribution in [0.3, 0.4) is 0 Å². The number of likely N-dealkylation sites (tertiary alicyclic amines) is 1. The lowest BCUT2D eigenvalue weighted by atomic mass is 9.90. The molecule has 0 bridgehead atoms. The summed E-state index contributed by atoms with van der Waals surface area (Å²) in [7, 11) is 5.69. The third kappa shape index (κ3) is 5.11. The molecular formula is C26H32ClN3O2. The van der Waals surface area contributed by atoms with Crippen LogP contribution in [-0.2, 0) is 4.79 Å². The molecule has 1 saturated carbocycles. The zero-order valence-corrected chi connectivity index (χ0v) is 19.9. The first-order chi connectivity index (χ1) is 15.4. The Morgan fingerprint density at radius 3 is 2.56 bits per heavy atom. The van der Waals surface area contributed by atoms with E-state index in [-0.39, 0.29) is 17.2 Å². The van der Waals surface area contributed by atoms with E-state index in [9.17, 15) is 4.79 Å². The third-order valence-corrected chi connectivity index (χ3v) is 7.16. The van der Waals surface area contributed by atoms with Crippen molar-refractivity contribution in [1.82, 2.24) is 4.90 Å². The maximum Gasteiger partial charge on any atom is 0.228 e. The number of nitrogens with one attached hydrogen (secondary N) is 1. The molecule has 5 nitrogen and oxygen atoms in total. The van der Waals surface area contributed by atoms with Crippen molar-refractivity contribution >= 4 is 35.0 Å². The van der Waals surface area contributed by atoms with Crippen LogP contribution in [0, 0.1) is 11.3 Å². The highest BCUT2D eigenvalue weighted by atomic mass is 35.5. The van der Waals surface area contributed by atoms with Gasteiger partial charge in [-0.15, -0.1) is 0 Å². The molecule has 1 N–H and O–H groups in total. The van der Waals surface area contributed by atoms with Crippen molar-refractivity contribution in [2.45, 2.75) is 19.3 Å². The Hall–Kier alpha value is -2.50. The van der Waals surface area contributed by atoms with Crippen molar-refractivity contribution in [3.63, 3.8) is 0 Å². The molecule has 1 heterocycles. The lowest BCUT2D eigenvalue weighted by molar-refractivity contribution is -0.118. The van der Waals surface area contributed by atoms with Crippen molar-refractivity contribution in [2.24, 2.45) is 11.3 Å². The smallest absolute Gasteiger partial charge is 0.228 e. The second kappa shape index (κ2) is 9.55. The maximum atomic E-state index is 12.8. The lowest BCUT2D eigenvalue weighted by Gasteiger charge is -2.32. The molecule has 1 aliphatic carbocycles. The summed E-state index contributed by atoms with van der Waals surface area (Å²) in [5.74, 6) is 0.830. The topological polar surface area (TPSA) is 44.8 Å². The summed E-state index contributed by atoms with van der Waals surface area (Å²) in [5.41, 5.74) is 3.34. The number of amides is 1. The molecule has 6 heteroatoms. The molecule has 2 aromatic rings. The second-order valence-corrected chi connectivity index (χ2v) is 9.55. The number of nitrogens with zero attached hydrogens (tertiary/aromatic N) is 2. The molecule has 1 unspecified atom stereocenters. The van der Waals surface area contributed by atoms with Crippen LogP contribution in [0.25, 0.3) is 6.08 Å². The number of anilines is 2. The number of carbonyl (C=O) groups excluding carboxylic acids is 1. The zero-order chi connectivity index (χ0) is 22.7. The Balaban J connectivity index is 1.23. The van der Waals surface area contributed by atoms with Crippen molar-refractivity contribution in [3.05, 3.63) is 59.1 Å². The summed E-state index contributed by atoms with van der Waals surface area (Å²) in [4.78, 5) is 17.4. The first-order valence-electron chi connectivity index (χ1n) is 11.2. The van der Waals surface area contributed by atoms with E-state index in [1.165, 1.54) is 11.3 Å². The van der Waals surface area contributed by atoms with Gasteiger partial charge in [0.05, 0.1) is 12.1 Å². The van der Waals surface area contributed by atoms with E-state index < -0.39 is 0 Å². The minimum absolute atomic E-state index is 0.108. The Labute approximate surface area is 196 Å². The monoisotopic (exact) mass is 453 g/mol. The van der Waals surface area contributed by atoms with E-state index in [1.54, 1.807) is 19.2 Å². The molecule has 2 aromatic carbocycles. The average Bonchev–Trinajstić information content (AvgIpc) is 3.49. The van der Waals surface area contributed by atoms with Crippen LogP contribution < -0.4 is 15.0 Å². The number of rotatable bonds is 7. The number of methoxy groups -OCH3 is 1. The number of hydrogen-bond donors (Lipinski definition) is 1. The van der Waals surface area contributed by atoms with Crippen LogP contribution in [0.15, 0.2) is 48.5 Å². The molecule has 1 saturated heterocycles. The minimum Gasteiger partial charge on any atom is -0.495 e. The van der Waals surface area contributed by atoms with Gasteiger partial charge in [-0.3, -0.25) is 9.69 Å². The largest absolute Gasteiger partial charge is 0.495 e. The molecule has 2 fully saturated rings. The first-order valence-corrected chi connectivity index (χ1v) is 11.6. The van der Waals surface area contributed by atoms with Crippen LogP contribution >= 0.6 is 11.6 Å². The van der Waals surface area contributed by atoms with E-state index >= 15 is 0 Å². The van der Waals surface area contributed by atoms with E-state index in [1.807, 2.05) is 6.07 Å². The number of piperidine rings is 1. The highest BCUT2D eigenvalue weighted by Gasteiger charge is 2.58. The predicted octanol–water partition coefficient (Wildman–Crippen LogP) is 5.17. The molecular weight excluding hydrogens is 422 g/mol. The quantitative estimate of drug-likeness (QED) is 0.628. The van der Waals surface area contributed by atoms with Crippen molar-refractivity contribution in [1.29, 1.82) is 0 Å². The molecule has 1 atom stereocenters. The van der Waals surface area contributed by atoms with E-state index in [2.05, 4.69) is 65.6 Å². The summed E-state index contributed by atoms with van der Waals surface area (Å²) in [6.07, 6.45) is 7.59. The molecule has 0 aromatic heterocycles. The summed E-state index contributed by atoms with van der Waals surface area (Å²) in [5, 5.41) is 3.54. The fourth-order valence-corrected chi connectivity index (χ4v) is 4.90. The highest BCUT2D eigenvalue weighted by molar-refractivity contribution is 6.32. The van der Waals surface area contributed by atoms with Gasteiger partial charge in [-0.25, -0.2) is 0 Å². The van der Waals surface area contributed by atoms with Crippen molar-refractivity contribution in [2.75, 3.05) is 51.1 Å². The van der Waals surface area contributed by atoms with Crippen LogP contribution in [-0.4, -0.2) is 51.6 Å². The Morgan fingerprint density at radius 1 is 1.22 bits per heavy atom. The molecule has 4 rings (SSSR count). The Kier molecular flexibility index (Phi) is 6.77. The standard InChI is InChI=1S/C26H32ClN3O2/c1-29(2)21-9-6-19(7-10-21)5-4-14-30-15-12-26(13-16-30)18-22(26)25(31)28-20-8-11-24(32-3)23(27)17-20/h4-11,17,22H,12-16,18H2,1-3H3,(H,28,31)/b5-4+. The van der Waals surface area contributed by atoms with Crippen LogP contribution in [0.1, 0.15) is 24.8 Å². The molecule has 0 radical (unpaired) electrons. The third-order valence-electron chi connectivity index (χ3n) is 6.86. The van der Waals surface area contributed by atoms with Gasteiger partial charge in [-0.2, -0.15) is 0 Å². The fraction of sp³-hybridized carbons (Fsp3) is 0.423. The van der Waals surface area contributed by atoms with Crippen LogP contribution in [0.2, 0.25) is 5.02 Å². The molecule has 1 spiro atoms. The molecule has 1 aliphatic heterocycles. The molecule has 32 heavy (non-hydrogen) atoms. The first kappa shape index (κ1) is 22.7. The molecule has 2 aliphatic rings. The van der Waals surface area contributed by atoms with Gasteiger partial charge < -0.3 is 15.0 Å². The number of carbonyl (C=O) groups is 1. The maximum absolute atomic E-state index is 12.8. The van der Waals surface area contributed by atoms with Gasteiger partial charge in [0.25, 0.3) is 0 Å². The van der Waals surface area contributed by atoms with Crippen molar-refractivity contribution in [3.8, 4) is 5.75 Å².